The maximum Gasteiger partial charge on any atom is 0.329 e. The number of aromatic nitrogens is 2. The summed E-state index contributed by atoms with van der Waals surface area (Å²) in [5.41, 5.74) is 0.582. The second-order valence-electron chi connectivity index (χ2n) is 10.7. The number of carbonyl (C=O) groups excluding carboxylic acids is 2. The van der Waals surface area contributed by atoms with Crippen LogP contribution in [-0.2, 0) is 14.3 Å². The Kier molecular flexibility index (Phi) is 5.03. The molecule has 7 rings (SSSR count). The zero-order valence-corrected chi connectivity index (χ0v) is 19.1. The molecule has 1 amide bonds. The van der Waals surface area contributed by atoms with Crippen LogP contribution in [0.1, 0.15) is 70.3 Å². The first-order valence-corrected chi connectivity index (χ1v) is 12.4. The van der Waals surface area contributed by atoms with E-state index in [0.29, 0.717) is 36.6 Å². The van der Waals surface area contributed by atoms with Crippen molar-refractivity contribution in [3.8, 4) is 11.5 Å². The second kappa shape index (κ2) is 7.96. The molecule has 7 heteroatoms. The lowest BCUT2D eigenvalue weighted by Crippen LogP contribution is -2.56. The first kappa shape index (κ1) is 20.9. The highest BCUT2D eigenvalue weighted by Crippen LogP contribution is 2.60. The van der Waals surface area contributed by atoms with Crippen LogP contribution in [0.2, 0.25) is 0 Å². The summed E-state index contributed by atoms with van der Waals surface area (Å²) in [4.78, 5) is 28.8. The van der Waals surface area contributed by atoms with Gasteiger partial charge in [-0.25, -0.2) is 4.79 Å². The molecule has 4 aliphatic carbocycles. The maximum atomic E-state index is 13.8. The SMILES string of the molecule is CC(OC(=O)C1CCCN1C(=O)C12CC3CC(CC(C3)C1)C2)c1nnc(-c2ccccc2)o1. The van der Waals surface area contributed by atoms with Crippen molar-refractivity contribution in [3.05, 3.63) is 36.2 Å². The van der Waals surface area contributed by atoms with E-state index in [1.165, 1.54) is 19.3 Å². The molecule has 1 aromatic carbocycles. The minimum Gasteiger partial charge on any atom is -0.451 e. The van der Waals surface area contributed by atoms with Crippen LogP contribution in [0.25, 0.3) is 11.5 Å². The summed E-state index contributed by atoms with van der Waals surface area (Å²) < 4.78 is 11.5. The zero-order chi connectivity index (χ0) is 22.6. The molecule has 0 N–H and O–H groups in total. The lowest BCUT2D eigenvalue weighted by atomic mass is 9.49. The van der Waals surface area contributed by atoms with Crippen molar-refractivity contribution in [3.63, 3.8) is 0 Å². The molecule has 2 aromatic rings. The lowest BCUT2D eigenvalue weighted by Gasteiger charge is -2.56. The molecule has 2 heterocycles. The molecule has 174 valence electrons. The molecule has 4 bridgehead atoms. The monoisotopic (exact) mass is 449 g/mol. The number of hydrogen-bond acceptors (Lipinski definition) is 6. The van der Waals surface area contributed by atoms with Gasteiger partial charge in [0, 0.05) is 12.1 Å². The van der Waals surface area contributed by atoms with Crippen molar-refractivity contribution in [2.45, 2.75) is 70.4 Å². The van der Waals surface area contributed by atoms with Crippen molar-refractivity contribution < 1.29 is 18.7 Å². The molecule has 0 spiro atoms. The standard InChI is InChI=1S/C26H31N3O4/c1-16(22-27-28-23(33-22)20-6-3-2-4-7-20)32-24(30)21-8-5-9-29(21)25(31)26-13-17-10-18(14-26)12-19(11-17)15-26/h2-4,6-7,16-19,21H,5,8-15H2,1H3. The van der Waals surface area contributed by atoms with Gasteiger partial charge in [0.25, 0.3) is 5.89 Å². The van der Waals surface area contributed by atoms with Crippen molar-refractivity contribution in [2.75, 3.05) is 6.54 Å². The second-order valence-corrected chi connectivity index (χ2v) is 10.7. The van der Waals surface area contributed by atoms with Crippen molar-refractivity contribution in [2.24, 2.45) is 23.2 Å². The Hall–Kier alpha value is -2.70. The predicted molar refractivity (Wildman–Crippen MR) is 120 cm³/mol. The van der Waals surface area contributed by atoms with Gasteiger partial charge >= 0.3 is 5.97 Å². The third-order valence-corrected chi connectivity index (χ3v) is 8.38. The van der Waals surface area contributed by atoms with E-state index in [2.05, 4.69) is 10.2 Å². The highest BCUT2D eigenvalue weighted by molar-refractivity contribution is 5.89. The Morgan fingerprint density at radius 1 is 1.06 bits per heavy atom. The molecule has 0 radical (unpaired) electrons. The summed E-state index contributed by atoms with van der Waals surface area (Å²) in [6.07, 6.45) is 7.75. The predicted octanol–water partition coefficient (Wildman–Crippen LogP) is 4.55. The molecule has 5 aliphatic rings. The average molecular weight is 450 g/mol. The number of benzene rings is 1. The van der Waals surface area contributed by atoms with Crippen LogP contribution in [0.15, 0.2) is 34.7 Å². The van der Waals surface area contributed by atoms with Crippen molar-refractivity contribution in [1.82, 2.24) is 15.1 Å². The van der Waals surface area contributed by atoms with E-state index in [1.807, 2.05) is 35.2 Å². The minimum atomic E-state index is -0.667. The Morgan fingerprint density at radius 2 is 1.73 bits per heavy atom. The van der Waals surface area contributed by atoms with Gasteiger partial charge in [0.2, 0.25) is 11.8 Å². The highest BCUT2D eigenvalue weighted by Gasteiger charge is 2.57. The Balaban J connectivity index is 1.14. The fourth-order valence-electron chi connectivity index (χ4n) is 7.33. The van der Waals surface area contributed by atoms with E-state index in [-0.39, 0.29) is 23.2 Å². The number of carbonyl (C=O) groups is 2. The van der Waals surface area contributed by atoms with Gasteiger partial charge in [-0.3, -0.25) is 4.79 Å². The van der Waals surface area contributed by atoms with Gasteiger partial charge in [-0.2, -0.15) is 0 Å². The van der Waals surface area contributed by atoms with Crippen molar-refractivity contribution in [1.29, 1.82) is 0 Å². The first-order chi connectivity index (χ1) is 16.0. The maximum absolute atomic E-state index is 13.8. The number of amides is 1. The molecule has 2 unspecified atom stereocenters. The minimum absolute atomic E-state index is 0.206. The zero-order valence-electron chi connectivity index (χ0n) is 19.1. The topological polar surface area (TPSA) is 85.5 Å². The van der Waals surface area contributed by atoms with Gasteiger partial charge < -0.3 is 14.1 Å². The van der Waals surface area contributed by atoms with E-state index >= 15 is 0 Å². The highest BCUT2D eigenvalue weighted by atomic mass is 16.6. The van der Waals surface area contributed by atoms with Crippen LogP contribution >= 0.6 is 0 Å². The summed E-state index contributed by atoms with van der Waals surface area (Å²) in [7, 11) is 0. The van der Waals surface area contributed by atoms with Crippen LogP contribution in [0.3, 0.4) is 0 Å². The summed E-state index contributed by atoms with van der Waals surface area (Å²) in [6, 6.07) is 8.99. The molecular formula is C26H31N3O4. The van der Waals surface area contributed by atoms with Crippen LogP contribution in [-0.4, -0.2) is 39.6 Å². The molecule has 1 aliphatic heterocycles. The number of ether oxygens (including phenoxy) is 1. The van der Waals surface area contributed by atoms with E-state index in [9.17, 15) is 9.59 Å². The summed E-state index contributed by atoms with van der Waals surface area (Å²) in [5, 5.41) is 8.17. The Morgan fingerprint density at radius 3 is 2.39 bits per heavy atom. The van der Waals surface area contributed by atoms with Gasteiger partial charge in [0.1, 0.15) is 6.04 Å². The summed E-state index contributed by atoms with van der Waals surface area (Å²) in [5.74, 6) is 2.60. The fraction of sp³-hybridized carbons (Fsp3) is 0.615. The number of esters is 1. The van der Waals surface area contributed by atoms with Crippen LogP contribution < -0.4 is 0 Å². The van der Waals surface area contributed by atoms with Crippen LogP contribution in [0.4, 0.5) is 0 Å². The Labute approximate surface area is 193 Å². The fourth-order valence-corrected chi connectivity index (χ4v) is 7.33. The molecule has 4 saturated carbocycles. The molecule has 2 atom stereocenters. The van der Waals surface area contributed by atoms with Gasteiger partial charge in [-0.1, -0.05) is 18.2 Å². The molecule has 1 aromatic heterocycles. The van der Waals surface area contributed by atoms with E-state index in [4.69, 9.17) is 9.15 Å². The van der Waals surface area contributed by atoms with E-state index in [1.54, 1.807) is 6.92 Å². The number of hydrogen-bond donors (Lipinski definition) is 0. The molecule has 7 nitrogen and oxygen atoms in total. The van der Waals surface area contributed by atoms with Crippen LogP contribution in [0.5, 0.6) is 0 Å². The lowest BCUT2D eigenvalue weighted by molar-refractivity contribution is -0.168. The molecular weight excluding hydrogens is 418 g/mol. The third-order valence-electron chi connectivity index (χ3n) is 8.38. The summed E-state index contributed by atoms with van der Waals surface area (Å²) in [6.45, 7) is 2.38. The molecule has 1 saturated heterocycles. The molecule has 33 heavy (non-hydrogen) atoms. The Bertz CT molecular complexity index is 1010. The van der Waals surface area contributed by atoms with Gasteiger partial charge in [0.05, 0.1) is 5.41 Å². The van der Waals surface area contributed by atoms with Crippen LogP contribution in [0, 0.1) is 23.2 Å². The van der Waals surface area contributed by atoms with Gasteiger partial charge in [-0.05, 0) is 88.2 Å². The van der Waals surface area contributed by atoms with Gasteiger partial charge in [0.15, 0.2) is 6.10 Å². The quantitative estimate of drug-likeness (QED) is 0.623. The largest absolute Gasteiger partial charge is 0.451 e. The normalized spacial score (nSPS) is 33.3. The third kappa shape index (κ3) is 3.65. The van der Waals surface area contributed by atoms with Gasteiger partial charge in [-0.15, -0.1) is 10.2 Å². The number of likely N-dealkylation sites (tertiary alicyclic amines) is 1. The number of rotatable bonds is 5. The van der Waals surface area contributed by atoms with Crippen molar-refractivity contribution >= 4 is 11.9 Å². The summed E-state index contributed by atoms with van der Waals surface area (Å²) >= 11 is 0. The van der Waals surface area contributed by atoms with E-state index < -0.39 is 12.1 Å². The average Bonchev–Trinajstić information content (AvgIpc) is 3.48. The molecule has 5 fully saturated rings. The first-order valence-electron chi connectivity index (χ1n) is 12.4. The smallest absolute Gasteiger partial charge is 0.329 e. The number of nitrogens with zero attached hydrogens (tertiary/aromatic N) is 3. The van der Waals surface area contributed by atoms with E-state index in [0.717, 1.165) is 31.2 Å².